The summed E-state index contributed by atoms with van der Waals surface area (Å²) in [5.41, 5.74) is 1.47. The van der Waals surface area contributed by atoms with E-state index in [0.29, 0.717) is 5.56 Å². The van der Waals surface area contributed by atoms with Gasteiger partial charge in [-0.3, -0.25) is 9.59 Å². The van der Waals surface area contributed by atoms with Gasteiger partial charge in [-0.25, -0.2) is 0 Å². The molecule has 1 saturated carbocycles. The van der Waals surface area contributed by atoms with Crippen molar-refractivity contribution >= 4 is 22.7 Å². The summed E-state index contributed by atoms with van der Waals surface area (Å²) in [4.78, 5) is 28.5. The van der Waals surface area contributed by atoms with Gasteiger partial charge in [0.2, 0.25) is 5.91 Å². The van der Waals surface area contributed by atoms with Crippen molar-refractivity contribution in [1.29, 1.82) is 0 Å². The highest BCUT2D eigenvalue weighted by Crippen LogP contribution is 2.28. The Hall–Kier alpha value is -2.34. The number of hydrogen-bond acceptors (Lipinski definition) is 3. The van der Waals surface area contributed by atoms with Crippen LogP contribution >= 0.6 is 0 Å². The SMILES string of the molecule is CN(CC(O)CNC(=O)C1CC1)C(=O)c1ccc2cc[nH]c2c1. The second-order valence-electron chi connectivity index (χ2n) is 6.14. The number of nitrogens with zero attached hydrogens (tertiary/aromatic N) is 1. The summed E-state index contributed by atoms with van der Waals surface area (Å²) >= 11 is 0. The molecule has 1 unspecified atom stereocenters. The van der Waals surface area contributed by atoms with Crippen LogP contribution in [-0.2, 0) is 4.79 Å². The summed E-state index contributed by atoms with van der Waals surface area (Å²) in [6, 6.07) is 7.41. The highest BCUT2D eigenvalue weighted by molar-refractivity contribution is 5.97. The van der Waals surface area contributed by atoms with Crippen molar-refractivity contribution in [2.75, 3.05) is 20.1 Å². The minimum Gasteiger partial charge on any atom is -0.389 e. The third-order valence-electron chi connectivity index (χ3n) is 4.09. The first-order valence-electron chi connectivity index (χ1n) is 7.83. The molecule has 1 heterocycles. The highest BCUT2D eigenvalue weighted by atomic mass is 16.3. The summed E-state index contributed by atoms with van der Waals surface area (Å²) in [7, 11) is 1.65. The van der Waals surface area contributed by atoms with E-state index in [4.69, 9.17) is 0 Å². The van der Waals surface area contributed by atoms with Gasteiger partial charge < -0.3 is 20.3 Å². The number of carbonyl (C=O) groups excluding carboxylic acids is 2. The lowest BCUT2D eigenvalue weighted by molar-refractivity contribution is -0.122. The van der Waals surface area contributed by atoms with Crippen molar-refractivity contribution in [2.45, 2.75) is 18.9 Å². The van der Waals surface area contributed by atoms with Crippen molar-refractivity contribution in [2.24, 2.45) is 5.92 Å². The van der Waals surface area contributed by atoms with E-state index in [1.807, 2.05) is 18.3 Å². The zero-order valence-corrected chi connectivity index (χ0v) is 13.1. The average Bonchev–Trinajstić information content (AvgIpc) is 3.29. The van der Waals surface area contributed by atoms with Crippen LogP contribution in [0.2, 0.25) is 0 Å². The minimum atomic E-state index is -0.777. The third-order valence-corrected chi connectivity index (χ3v) is 4.09. The van der Waals surface area contributed by atoms with Gasteiger partial charge in [0, 0.05) is 43.3 Å². The molecule has 1 fully saturated rings. The molecule has 23 heavy (non-hydrogen) atoms. The van der Waals surface area contributed by atoms with Crippen molar-refractivity contribution in [3.05, 3.63) is 36.0 Å². The summed E-state index contributed by atoms with van der Waals surface area (Å²) < 4.78 is 0. The van der Waals surface area contributed by atoms with Gasteiger partial charge in [-0.2, -0.15) is 0 Å². The number of aliphatic hydroxyl groups is 1. The average molecular weight is 315 g/mol. The monoisotopic (exact) mass is 315 g/mol. The molecule has 1 aromatic carbocycles. The number of carbonyl (C=O) groups is 2. The van der Waals surface area contributed by atoms with E-state index in [1.54, 1.807) is 19.2 Å². The molecular weight excluding hydrogens is 294 g/mol. The number of benzene rings is 1. The molecule has 0 radical (unpaired) electrons. The fraction of sp³-hybridized carbons (Fsp3) is 0.412. The van der Waals surface area contributed by atoms with Gasteiger partial charge >= 0.3 is 0 Å². The number of aliphatic hydroxyl groups excluding tert-OH is 1. The zero-order chi connectivity index (χ0) is 16.4. The van der Waals surface area contributed by atoms with Crippen molar-refractivity contribution in [3.8, 4) is 0 Å². The smallest absolute Gasteiger partial charge is 0.253 e. The van der Waals surface area contributed by atoms with Crippen molar-refractivity contribution < 1.29 is 14.7 Å². The maximum Gasteiger partial charge on any atom is 0.253 e. The normalized spacial score (nSPS) is 15.4. The summed E-state index contributed by atoms with van der Waals surface area (Å²) in [5, 5.41) is 13.8. The van der Waals surface area contributed by atoms with Crippen LogP contribution in [0.15, 0.2) is 30.5 Å². The molecule has 1 aromatic heterocycles. The van der Waals surface area contributed by atoms with Gasteiger partial charge in [-0.05, 0) is 36.4 Å². The standard InChI is InChI=1S/C17H21N3O3/c1-20(10-14(21)9-19-16(22)12-3-4-12)17(23)13-5-2-11-6-7-18-15(11)8-13/h2,5-8,12,14,18,21H,3-4,9-10H2,1H3,(H,19,22). The third kappa shape index (κ3) is 3.71. The van der Waals surface area contributed by atoms with E-state index in [9.17, 15) is 14.7 Å². The quantitative estimate of drug-likeness (QED) is 0.747. The molecule has 6 heteroatoms. The second-order valence-corrected chi connectivity index (χ2v) is 6.14. The lowest BCUT2D eigenvalue weighted by Gasteiger charge is -2.21. The number of rotatable bonds is 6. The Balaban J connectivity index is 1.54. The molecule has 2 aromatic rings. The molecule has 0 saturated heterocycles. The Labute approximate surface area is 134 Å². The Kier molecular flexibility index (Phi) is 4.34. The molecule has 3 rings (SSSR count). The molecule has 3 N–H and O–H groups in total. The maximum absolute atomic E-state index is 12.4. The van der Waals surface area contributed by atoms with Gasteiger partial charge in [0.15, 0.2) is 0 Å². The summed E-state index contributed by atoms with van der Waals surface area (Å²) in [5.74, 6) is -0.0432. The van der Waals surface area contributed by atoms with E-state index < -0.39 is 6.10 Å². The van der Waals surface area contributed by atoms with Gasteiger partial charge in [0.1, 0.15) is 0 Å². The van der Waals surface area contributed by atoms with Crippen molar-refractivity contribution in [3.63, 3.8) is 0 Å². The van der Waals surface area contributed by atoms with E-state index in [2.05, 4.69) is 10.3 Å². The topological polar surface area (TPSA) is 85.4 Å². The van der Waals surface area contributed by atoms with Gasteiger partial charge in [0.25, 0.3) is 5.91 Å². The Bertz CT molecular complexity index is 721. The summed E-state index contributed by atoms with van der Waals surface area (Å²) in [6.45, 7) is 0.342. The first kappa shape index (κ1) is 15.6. The molecule has 1 aliphatic rings. The lowest BCUT2D eigenvalue weighted by Crippen LogP contribution is -2.41. The number of amides is 2. The number of aromatic amines is 1. The van der Waals surface area contributed by atoms with E-state index in [-0.39, 0.29) is 30.8 Å². The molecule has 1 atom stereocenters. The van der Waals surface area contributed by atoms with Crippen LogP contribution in [0, 0.1) is 5.92 Å². The van der Waals surface area contributed by atoms with Gasteiger partial charge in [0.05, 0.1) is 6.10 Å². The molecule has 0 bridgehead atoms. The Morgan fingerprint density at radius 3 is 2.91 bits per heavy atom. The number of nitrogens with one attached hydrogen (secondary N) is 2. The molecule has 0 spiro atoms. The van der Waals surface area contributed by atoms with Crippen LogP contribution in [0.3, 0.4) is 0 Å². The Morgan fingerprint density at radius 2 is 2.17 bits per heavy atom. The van der Waals surface area contributed by atoms with Crippen LogP contribution in [0.4, 0.5) is 0 Å². The number of aromatic nitrogens is 1. The van der Waals surface area contributed by atoms with E-state index in [1.165, 1.54) is 4.90 Å². The molecule has 122 valence electrons. The summed E-state index contributed by atoms with van der Waals surface area (Å²) in [6.07, 6.45) is 2.92. The minimum absolute atomic E-state index is 0.00442. The number of likely N-dealkylation sites (N-methyl/N-ethyl adjacent to an activating group) is 1. The van der Waals surface area contributed by atoms with Crippen LogP contribution in [0.25, 0.3) is 10.9 Å². The first-order valence-corrected chi connectivity index (χ1v) is 7.83. The highest BCUT2D eigenvalue weighted by Gasteiger charge is 2.29. The molecule has 1 aliphatic carbocycles. The molecular formula is C17H21N3O3. The molecule has 6 nitrogen and oxygen atoms in total. The first-order chi connectivity index (χ1) is 11.0. The van der Waals surface area contributed by atoms with Crippen LogP contribution in [0.5, 0.6) is 0 Å². The fourth-order valence-electron chi connectivity index (χ4n) is 2.57. The van der Waals surface area contributed by atoms with E-state index in [0.717, 1.165) is 23.7 Å². The molecule has 0 aliphatic heterocycles. The Morgan fingerprint density at radius 1 is 1.39 bits per heavy atom. The molecule has 2 amide bonds. The van der Waals surface area contributed by atoms with Crippen LogP contribution in [0.1, 0.15) is 23.2 Å². The number of hydrogen-bond donors (Lipinski definition) is 3. The number of fused-ring (bicyclic) bond motifs is 1. The second kappa shape index (κ2) is 6.42. The van der Waals surface area contributed by atoms with Crippen molar-refractivity contribution in [1.82, 2.24) is 15.2 Å². The predicted octanol–water partition coefficient (Wildman–Crippen LogP) is 1.13. The van der Waals surface area contributed by atoms with Gasteiger partial charge in [-0.1, -0.05) is 6.07 Å². The fourth-order valence-corrected chi connectivity index (χ4v) is 2.57. The number of H-pyrrole nitrogens is 1. The zero-order valence-electron chi connectivity index (χ0n) is 13.1. The maximum atomic E-state index is 12.4. The predicted molar refractivity (Wildman–Crippen MR) is 87.0 cm³/mol. The largest absolute Gasteiger partial charge is 0.389 e. The van der Waals surface area contributed by atoms with Crippen LogP contribution < -0.4 is 5.32 Å². The van der Waals surface area contributed by atoms with E-state index >= 15 is 0 Å². The lowest BCUT2D eigenvalue weighted by atomic mass is 10.1. The van der Waals surface area contributed by atoms with Crippen LogP contribution in [-0.4, -0.2) is 53.0 Å². The van der Waals surface area contributed by atoms with Gasteiger partial charge in [-0.15, -0.1) is 0 Å².